The van der Waals surface area contributed by atoms with E-state index in [2.05, 4.69) is 51.5 Å². The van der Waals surface area contributed by atoms with Crippen LogP contribution < -0.4 is 44.2 Å². The number of rotatable bonds is 19. The molecule has 0 saturated heterocycles. The molecule has 0 fully saturated rings. The van der Waals surface area contributed by atoms with Crippen LogP contribution in [0, 0.1) is 0 Å². The number of thiol groups is 2. The number of amides is 4. The summed E-state index contributed by atoms with van der Waals surface area (Å²) < 4.78 is 0. The number of carbonyl (C=O) groups is 5. The summed E-state index contributed by atoms with van der Waals surface area (Å²) in [6, 6.07) is -4.25. The average Bonchev–Trinajstić information content (AvgIpc) is 2.85. The third-order valence-corrected chi connectivity index (χ3v) is 5.67. The fourth-order valence-electron chi connectivity index (χ4n) is 2.88. The van der Waals surface area contributed by atoms with Crippen molar-refractivity contribution >= 4 is 60.8 Å². The van der Waals surface area contributed by atoms with Crippen molar-refractivity contribution in [3.63, 3.8) is 0 Å². The summed E-state index contributed by atoms with van der Waals surface area (Å²) in [5.41, 5.74) is 21.9. The Labute approximate surface area is 226 Å². The number of carboxylic acid groups (broad SMARTS) is 1. The van der Waals surface area contributed by atoms with Crippen LogP contribution in [0.4, 0.5) is 0 Å². The third-order valence-electron chi connectivity index (χ3n) is 4.94. The van der Waals surface area contributed by atoms with Gasteiger partial charge in [-0.3, -0.25) is 24.2 Å². The molecule has 0 aliphatic carbocycles. The van der Waals surface area contributed by atoms with Crippen LogP contribution in [0.5, 0.6) is 0 Å². The lowest BCUT2D eigenvalue weighted by molar-refractivity contribution is -0.141. The number of carboxylic acids is 1. The number of hydrogen-bond donors (Lipinski definition) is 11. The van der Waals surface area contributed by atoms with Gasteiger partial charge in [-0.15, -0.1) is 0 Å². The van der Waals surface area contributed by atoms with Crippen molar-refractivity contribution in [3.8, 4) is 0 Å². The second-order valence-electron chi connectivity index (χ2n) is 8.00. The first-order valence-corrected chi connectivity index (χ1v) is 12.9. The van der Waals surface area contributed by atoms with Crippen LogP contribution in [0.15, 0.2) is 4.99 Å². The van der Waals surface area contributed by atoms with Gasteiger partial charge in [-0.05, 0) is 38.6 Å². The fraction of sp³-hybridized carbons (Fsp3) is 0.700. The molecule has 0 aliphatic heterocycles. The number of unbranched alkanes of at least 4 members (excludes halogenated alkanes) is 1. The molecule has 0 aromatic rings. The monoisotopic (exact) mass is 565 g/mol. The van der Waals surface area contributed by atoms with Gasteiger partial charge < -0.3 is 49.3 Å². The molecule has 0 aromatic heterocycles. The van der Waals surface area contributed by atoms with Crippen molar-refractivity contribution < 1.29 is 29.1 Å². The molecule has 0 saturated carbocycles. The van der Waals surface area contributed by atoms with E-state index < -0.39 is 60.3 Å². The molecule has 0 heterocycles. The van der Waals surface area contributed by atoms with E-state index in [-0.39, 0.29) is 30.3 Å². The Morgan fingerprint density at radius 1 is 0.811 bits per heavy atom. The highest BCUT2D eigenvalue weighted by Crippen LogP contribution is 2.04. The molecule has 0 radical (unpaired) electrons. The van der Waals surface area contributed by atoms with E-state index >= 15 is 0 Å². The normalized spacial score (nSPS) is 13.8. The van der Waals surface area contributed by atoms with Gasteiger partial charge in [-0.2, -0.15) is 25.3 Å². The molecular weight excluding hydrogens is 526 g/mol. The predicted molar refractivity (Wildman–Crippen MR) is 145 cm³/mol. The molecule has 13 N–H and O–H groups in total. The molecule has 0 aromatic carbocycles. The Morgan fingerprint density at radius 2 is 1.43 bits per heavy atom. The van der Waals surface area contributed by atoms with Crippen molar-refractivity contribution in [1.82, 2.24) is 21.3 Å². The number of nitrogens with two attached hydrogens (primary N) is 4. The SMILES string of the molecule is NCCCC[C@H](NC(=O)[C@@H](N)CCCN=C(N)N)C(=O)N[C@@H](CS)C(=O)NCC(=O)N[C@@H](CS)C(=O)O. The molecule has 4 atom stereocenters. The molecule has 0 spiro atoms. The zero-order chi connectivity index (χ0) is 28.4. The zero-order valence-electron chi connectivity index (χ0n) is 20.5. The Morgan fingerprint density at radius 3 is 1.97 bits per heavy atom. The van der Waals surface area contributed by atoms with Gasteiger partial charge in [0.15, 0.2) is 5.96 Å². The number of carbonyl (C=O) groups excluding carboxylic acids is 4. The number of nitrogens with one attached hydrogen (secondary N) is 4. The maximum atomic E-state index is 12.9. The van der Waals surface area contributed by atoms with E-state index in [1.54, 1.807) is 0 Å². The summed E-state index contributed by atoms with van der Waals surface area (Å²) in [5, 5.41) is 18.6. The minimum absolute atomic E-state index is 0.0693. The van der Waals surface area contributed by atoms with Gasteiger partial charge in [0.1, 0.15) is 18.1 Å². The molecule has 0 aliphatic rings. The van der Waals surface area contributed by atoms with Gasteiger partial charge >= 0.3 is 5.97 Å². The molecule has 212 valence electrons. The van der Waals surface area contributed by atoms with Crippen LogP contribution in [0.3, 0.4) is 0 Å². The molecule has 37 heavy (non-hydrogen) atoms. The zero-order valence-corrected chi connectivity index (χ0v) is 22.3. The van der Waals surface area contributed by atoms with Gasteiger partial charge in [0.2, 0.25) is 23.6 Å². The molecule has 0 unspecified atom stereocenters. The van der Waals surface area contributed by atoms with Crippen molar-refractivity contribution in [1.29, 1.82) is 0 Å². The minimum Gasteiger partial charge on any atom is -0.480 e. The summed E-state index contributed by atoms with van der Waals surface area (Å²) in [6.45, 7) is 0.167. The van der Waals surface area contributed by atoms with Crippen molar-refractivity contribution in [2.45, 2.75) is 56.3 Å². The highest BCUT2D eigenvalue weighted by atomic mass is 32.1. The van der Waals surface area contributed by atoms with E-state index in [1.165, 1.54) is 0 Å². The maximum absolute atomic E-state index is 12.9. The van der Waals surface area contributed by atoms with E-state index in [0.717, 1.165) is 0 Å². The Balaban J connectivity index is 5.03. The van der Waals surface area contributed by atoms with Gasteiger partial charge in [0.25, 0.3) is 0 Å². The number of guanidine groups is 1. The summed E-state index contributed by atoms with van der Waals surface area (Å²) in [5.74, 6) is -4.26. The van der Waals surface area contributed by atoms with E-state index in [9.17, 15) is 24.0 Å². The lowest BCUT2D eigenvalue weighted by Crippen LogP contribution is -2.57. The smallest absolute Gasteiger partial charge is 0.327 e. The largest absolute Gasteiger partial charge is 0.480 e. The third kappa shape index (κ3) is 15.2. The lowest BCUT2D eigenvalue weighted by atomic mass is 10.1. The number of nitrogens with zero attached hydrogens (tertiary/aromatic N) is 1. The molecule has 0 bridgehead atoms. The minimum atomic E-state index is -1.27. The van der Waals surface area contributed by atoms with Crippen LogP contribution in [0.25, 0.3) is 0 Å². The van der Waals surface area contributed by atoms with Gasteiger partial charge in [-0.1, -0.05) is 0 Å². The Kier molecular flexibility index (Phi) is 17.9. The van der Waals surface area contributed by atoms with Crippen LogP contribution in [-0.4, -0.2) is 96.0 Å². The first-order valence-electron chi connectivity index (χ1n) is 11.6. The van der Waals surface area contributed by atoms with Crippen molar-refractivity contribution in [2.75, 3.05) is 31.1 Å². The summed E-state index contributed by atoms with van der Waals surface area (Å²) in [7, 11) is 0. The Hall–Kier alpha value is -2.76. The van der Waals surface area contributed by atoms with Gasteiger partial charge in [0.05, 0.1) is 12.6 Å². The lowest BCUT2D eigenvalue weighted by Gasteiger charge is -2.23. The van der Waals surface area contributed by atoms with Crippen LogP contribution in [-0.2, 0) is 24.0 Å². The van der Waals surface area contributed by atoms with Crippen molar-refractivity contribution in [3.05, 3.63) is 0 Å². The quantitative estimate of drug-likeness (QED) is 0.0313. The fourth-order valence-corrected chi connectivity index (χ4v) is 3.38. The first kappa shape index (κ1) is 34.2. The number of aliphatic carboxylic acids is 1. The van der Waals surface area contributed by atoms with E-state index in [1.807, 2.05) is 0 Å². The average molecular weight is 566 g/mol. The van der Waals surface area contributed by atoms with Crippen LogP contribution in [0.1, 0.15) is 32.1 Å². The van der Waals surface area contributed by atoms with Gasteiger partial charge in [0, 0.05) is 18.1 Å². The molecule has 4 amide bonds. The number of hydrogen-bond acceptors (Lipinski definition) is 10. The van der Waals surface area contributed by atoms with Crippen LogP contribution in [0.2, 0.25) is 0 Å². The van der Waals surface area contributed by atoms with Crippen molar-refractivity contribution in [2.24, 2.45) is 27.9 Å². The maximum Gasteiger partial charge on any atom is 0.327 e. The van der Waals surface area contributed by atoms with Gasteiger partial charge in [-0.25, -0.2) is 4.79 Å². The molecule has 0 rings (SSSR count). The molecule has 15 nitrogen and oxygen atoms in total. The second kappa shape index (κ2) is 19.4. The summed E-state index contributed by atoms with van der Waals surface area (Å²) in [4.78, 5) is 64.6. The van der Waals surface area contributed by atoms with Crippen LogP contribution >= 0.6 is 25.3 Å². The summed E-state index contributed by atoms with van der Waals surface area (Å²) >= 11 is 7.91. The second-order valence-corrected chi connectivity index (χ2v) is 8.73. The Bertz CT molecular complexity index is 798. The molecular formula is C20H39N9O6S2. The van der Waals surface area contributed by atoms with E-state index in [0.29, 0.717) is 32.4 Å². The predicted octanol–water partition coefficient (Wildman–Crippen LogP) is -3.99. The highest BCUT2D eigenvalue weighted by molar-refractivity contribution is 7.80. The number of aliphatic imine (C=N–C) groups is 1. The first-order chi connectivity index (χ1) is 17.5. The summed E-state index contributed by atoms with van der Waals surface area (Å²) in [6.07, 6.45) is 2.12. The topological polar surface area (TPSA) is 270 Å². The molecule has 17 heteroatoms. The van der Waals surface area contributed by atoms with E-state index in [4.69, 9.17) is 28.0 Å². The highest BCUT2D eigenvalue weighted by Gasteiger charge is 2.27. The standard InChI is InChI=1S/C20H39N9O6S2/c21-6-2-1-5-12(28-16(31)11(22)4-3-7-25-20(23)24)18(33)29-13(9-36)17(32)26-8-15(30)27-14(10-37)19(34)35/h11-14,36-37H,1-10,21-22H2,(H,26,32)(H,27,30)(H,28,31)(H,29,33)(H,34,35)(H4,23,24,25)/t11-,12-,13-,14-/m0/s1.